The molecule has 10 aromatic rings. The van der Waals surface area contributed by atoms with Gasteiger partial charge in [-0.05, 0) is 64.7 Å². The minimum Gasteiger partial charge on any atom is -0.507 e. The van der Waals surface area contributed by atoms with E-state index in [4.69, 9.17) is 9.97 Å². The predicted molar refractivity (Wildman–Crippen MR) is 229 cm³/mol. The van der Waals surface area contributed by atoms with Gasteiger partial charge in [-0.2, -0.15) is 0 Å². The third kappa shape index (κ3) is 6.75. The Labute approximate surface area is 345 Å². The Balaban J connectivity index is 0.00000422. The minimum atomic E-state index is 0. The summed E-state index contributed by atoms with van der Waals surface area (Å²) in [7, 11) is 0. The van der Waals surface area contributed by atoms with Gasteiger partial charge in [0.2, 0.25) is 0 Å². The van der Waals surface area contributed by atoms with Crippen LogP contribution < -0.4 is 0 Å². The molecular formula is C52H34N3OPt-. The smallest absolute Gasteiger partial charge is 0.124 e. The molecule has 0 aliphatic carbocycles. The van der Waals surface area contributed by atoms with E-state index in [1.807, 2.05) is 54.7 Å². The van der Waals surface area contributed by atoms with Crippen molar-refractivity contribution in [2.24, 2.45) is 0 Å². The van der Waals surface area contributed by atoms with E-state index in [0.29, 0.717) is 11.3 Å². The molecule has 0 bridgehead atoms. The van der Waals surface area contributed by atoms with Crippen molar-refractivity contribution in [1.29, 1.82) is 0 Å². The second-order valence-corrected chi connectivity index (χ2v) is 13.9. The fourth-order valence-corrected chi connectivity index (χ4v) is 7.78. The molecule has 5 heteroatoms. The Bertz CT molecular complexity index is 3030. The van der Waals surface area contributed by atoms with Gasteiger partial charge in [0.05, 0.1) is 16.7 Å². The summed E-state index contributed by atoms with van der Waals surface area (Å²) in [6.07, 6.45) is 1.90. The first-order valence-electron chi connectivity index (χ1n) is 18.7. The van der Waals surface area contributed by atoms with Crippen molar-refractivity contribution in [3.8, 4) is 78.6 Å². The van der Waals surface area contributed by atoms with E-state index >= 15 is 0 Å². The molecule has 0 aliphatic rings. The number of fused-ring (bicyclic) bond motifs is 3. The summed E-state index contributed by atoms with van der Waals surface area (Å²) in [5.41, 5.74) is 14.4. The molecule has 0 spiro atoms. The maximum Gasteiger partial charge on any atom is 0.124 e. The van der Waals surface area contributed by atoms with Gasteiger partial charge in [-0.1, -0.05) is 156 Å². The fraction of sp³-hybridized carbons (Fsp3) is 0. The van der Waals surface area contributed by atoms with Crippen LogP contribution >= 0.6 is 0 Å². The number of para-hydroxylation sites is 4. The van der Waals surface area contributed by atoms with Crippen molar-refractivity contribution in [3.63, 3.8) is 0 Å². The van der Waals surface area contributed by atoms with Crippen LogP contribution in [0.2, 0.25) is 0 Å². The van der Waals surface area contributed by atoms with Gasteiger partial charge in [0.25, 0.3) is 0 Å². The molecule has 0 unspecified atom stereocenters. The van der Waals surface area contributed by atoms with Crippen molar-refractivity contribution < 1.29 is 26.2 Å². The molecule has 3 aromatic heterocycles. The molecular weight excluding hydrogens is 878 g/mol. The topological polar surface area (TPSA) is 50.9 Å². The van der Waals surface area contributed by atoms with Gasteiger partial charge in [0.1, 0.15) is 5.75 Å². The van der Waals surface area contributed by atoms with Crippen molar-refractivity contribution >= 4 is 21.8 Å². The molecule has 0 aliphatic heterocycles. The number of phenols is 1. The predicted octanol–water partition coefficient (Wildman–Crippen LogP) is 13.1. The molecule has 0 amide bonds. The molecule has 3 heterocycles. The van der Waals surface area contributed by atoms with E-state index in [1.165, 1.54) is 10.8 Å². The normalized spacial score (nSPS) is 11.1. The minimum absolute atomic E-state index is 0. The van der Waals surface area contributed by atoms with Gasteiger partial charge < -0.3 is 9.67 Å². The molecule has 57 heavy (non-hydrogen) atoms. The standard InChI is InChI=1S/C52H34N3O.Pt/c56-51-26-13-11-22-46(51)49-34-39(36-17-6-2-7-18-36)33-48(54-49)41-30-38(35-15-4-1-5-16-35)29-40(31-41)47-32-37(27-28-53-47)43-23-14-24-45-44-21-10-12-25-50(44)55(52(43)45)42-19-8-3-9-20-42;/h1-30,32-34,56H;/q-1;. The van der Waals surface area contributed by atoms with Crippen LogP contribution in [0.1, 0.15) is 0 Å². The number of rotatable bonds is 7. The SMILES string of the molecule is Oc1ccccc1-c1cc(-c2ccccc2)cc(-c2[c-]c(-c3cc(-c4cccc5c6ccccc6n(-c6ccccc6)c45)ccn3)cc(-c3ccccc3)c2)n1.[Pt]. The number of hydrogen-bond acceptors (Lipinski definition) is 3. The summed E-state index contributed by atoms with van der Waals surface area (Å²) in [5, 5.41) is 13.3. The van der Waals surface area contributed by atoms with E-state index in [-0.39, 0.29) is 26.8 Å². The number of hydrogen-bond donors (Lipinski definition) is 1. The average Bonchev–Trinajstić information content (AvgIpc) is 3.62. The molecule has 7 aromatic carbocycles. The summed E-state index contributed by atoms with van der Waals surface area (Å²) in [6, 6.07) is 70.2. The van der Waals surface area contributed by atoms with Crippen LogP contribution in [-0.2, 0) is 21.1 Å². The molecule has 10 rings (SSSR count). The van der Waals surface area contributed by atoms with Gasteiger partial charge in [0.15, 0.2) is 0 Å². The van der Waals surface area contributed by atoms with Gasteiger partial charge >= 0.3 is 0 Å². The fourth-order valence-electron chi connectivity index (χ4n) is 7.78. The maximum absolute atomic E-state index is 10.9. The van der Waals surface area contributed by atoms with E-state index < -0.39 is 0 Å². The van der Waals surface area contributed by atoms with Gasteiger partial charge in [-0.3, -0.25) is 9.97 Å². The Morgan fingerprint density at radius 2 is 1.00 bits per heavy atom. The Kier molecular flexibility index (Phi) is 9.64. The van der Waals surface area contributed by atoms with Crippen molar-refractivity contribution in [3.05, 3.63) is 206 Å². The number of aromatic hydroxyl groups is 1. The number of phenolic OH excluding ortho intramolecular Hbond substituents is 1. The largest absolute Gasteiger partial charge is 0.507 e. The maximum atomic E-state index is 10.9. The molecule has 0 fully saturated rings. The molecule has 0 saturated heterocycles. The summed E-state index contributed by atoms with van der Waals surface area (Å²) in [4.78, 5) is 10.1. The van der Waals surface area contributed by atoms with Crippen LogP contribution in [0.3, 0.4) is 0 Å². The Morgan fingerprint density at radius 3 is 1.74 bits per heavy atom. The van der Waals surface area contributed by atoms with Gasteiger partial charge in [0, 0.05) is 66.2 Å². The summed E-state index contributed by atoms with van der Waals surface area (Å²) in [6.45, 7) is 0. The molecule has 274 valence electrons. The third-order valence-corrected chi connectivity index (χ3v) is 10.4. The molecule has 0 radical (unpaired) electrons. The van der Waals surface area contributed by atoms with Gasteiger partial charge in [-0.15, -0.1) is 18.2 Å². The first kappa shape index (κ1) is 35.8. The third-order valence-electron chi connectivity index (χ3n) is 10.4. The molecule has 4 nitrogen and oxygen atoms in total. The Morgan fingerprint density at radius 1 is 0.439 bits per heavy atom. The Hall–Kier alpha value is -6.87. The van der Waals surface area contributed by atoms with Gasteiger partial charge in [-0.25, -0.2) is 0 Å². The molecule has 0 atom stereocenters. The van der Waals surface area contributed by atoms with Crippen molar-refractivity contribution in [2.75, 3.05) is 0 Å². The zero-order valence-electron chi connectivity index (χ0n) is 30.7. The van der Waals surface area contributed by atoms with Crippen LogP contribution in [0.5, 0.6) is 5.75 Å². The van der Waals surface area contributed by atoms with Crippen molar-refractivity contribution in [1.82, 2.24) is 14.5 Å². The first-order valence-corrected chi connectivity index (χ1v) is 18.7. The van der Waals surface area contributed by atoms with E-state index in [0.717, 1.165) is 72.6 Å². The second kappa shape index (κ2) is 15.3. The average molecular weight is 912 g/mol. The van der Waals surface area contributed by atoms with E-state index in [1.54, 1.807) is 6.07 Å². The van der Waals surface area contributed by atoms with E-state index in [9.17, 15) is 5.11 Å². The number of nitrogens with zero attached hydrogens (tertiary/aromatic N) is 3. The summed E-state index contributed by atoms with van der Waals surface area (Å²) in [5.74, 6) is 0.182. The van der Waals surface area contributed by atoms with Crippen molar-refractivity contribution in [2.45, 2.75) is 0 Å². The number of pyridine rings is 2. The summed E-state index contributed by atoms with van der Waals surface area (Å²) >= 11 is 0. The second-order valence-electron chi connectivity index (χ2n) is 13.9. The van der Waals surface area contributed by atoms with E-state index in [2.05, 4.69) is 150 Å². The monoisotopic (exact) mass is 911 g/mol. The number of benzene rings is 7. The summed E-state index contributed by atoms with van der Waals surface area (Å²) < 4.78 is 2.37. The molecule has 1 N–H and O–H groups in total. The van der Waals surface area contributed by atoms with Crippen LogP contribution in [0.15, 0.2) is 200 Å². The first-order chi connectivity index (χ1) is 27.7. The number of aromatic nitrogens is 3. The van der Waals surface area contributed by atoms with Crippen LogP contribution in [-0.4, -0.2) is 19.6 Å². The molecule has 0 saturated carbocycles. The van der Waals surface area contributed by atoms with Crippen LogP contribution in [0.4, 0.5) is 0 Å². The van der Waals surface area contributed by atoms with Crippen LogP contribution in [0, 0.1) is 6.07 Å². The zero-order valence-corrected chi connectivity index (χ0v) is 32.9. The quantitative estimate of drug-likeness (QED) is 0.162. The zero-order chi connectivity index (χ0) is 37.4. The van der Waals surface area contributed by atoms with Crippen LogP contribution in [0.25, 0.3) is 94.6 Å².